The van der Waals surface area contributed by atoms with Crippen molar-refractivity contribution in [1.29, 1.82) is 0 Å². The number of fused-ring (bicyclic) bond motifs is 1. The highest BCUT2D eigenvalue weighted by Crippen LogP contribution is 2.28. The molecule has 0 aliphatic carbocycles. The van der Waals surface area contributed by atoms with Gasteiger partial charge in [0.1, 0.15) is 5.75 Å². The van der Waals surface area contributed by atoms with Crippen LogP contribution in [0.2, 0.25) is 0 Å². The third-order valence-electron chi connectivity index (χ3n) is 2.87. The topological polar surface area (TPSA) is 35.2 Å². The Kier molecular flexibility index (Phi) is 2.94. The highest BCUT2D eigenvalue weighted by Gasteiger charge is 2.24. The number of ether oxygens (including phenoxy) is 1. The summed E-state index contributed by atoms with van der Waals surface area (Å²) in [7, 11) is 0. The summed E-state index contributed by atoms with van der Waals surface area (Å²) in [5.41, 5.74) is 7.23. The minimum Gasteiger partial charge on any atom is -0.493 e. The number of nitrogens with two attached hydrogens (primary N) is 1. The highest BCUT2D eigenvalue weighted by atomic mass is 16.5. The van der Waals surface area contributed by atoms with Crippen molar-refractivity contribution in [3.8, 4) is 18.1 Å². The minimum absolute atomic E-state index is 0.0448. The first-order chi connectivity index (χ1) is 7.31. The van der Waals surface area contributed by atoms with Gasteiger partial charge in [-0.3, -0.25) is 0 Å². The van der Waals surface area contributed by atoms with E-state index < -0.39 is 0 Å². The summed E-state index contributed by atoms with van der Waals surface area (Å²) in [5, 5.41) is 0. The molecule has 1 aromatic carbocycles. The lowest BCUT2D eigenvalue weighted by Crippen LogP contribution is -2.37. The fraction of sp³-hybridized carbons (Fsp3) is 0.385. The van der Waals surface area contributed by atoms with Crippen molar-refractivity contribution in [2.45, 2.75) is 18.9 Å². The van der Waals surface area contributed by atoms with Crippen molar-refractivity contribution < 1.29 is 4.74 Å². The molecule has 0 radical (unpaired) electrons. The van der Waals surface area contributed by atoms with E-state index in [1.54, 1.807) is 0 Å². The first-order valence-electron chi connectivity index (χ1n) is 5.21. The summed E-state index contributed by atoms with van der Waals surface area (Å²) in [6.45, 7) is 0.680. The maximum Gasteiger partial charge on any atom is 0.122 e. The molecule has 1 aliphatic rings. The summed E-state index contributed by atoms with van der Waals surface area (Å²) in [6, 6.07) is 8.14. The number of benzene rings is 1. The van der Waals surface area contributed by atoms with Crippen LogP contribution in [-0.4, -0.2) is 12.6 Å². The first-order valence-corrected chi connectivity index (χ1v) is 5.21. The maximum absolute atomic E-state index is 5.99. The Morgan fingerprint density at radius 1 is 1.53 bits per heavy atom. The third-order valence-corrected chi connectivity index (χ3v) is 2.87. The molecule has 1 heterocycles. The van der Waals surface area contributed by atoms with E-state index in [1.807, 2.05) is 18.2 Å². The van der Waals surface area contributed by atoms with Crippen LogP contribution in [0.15, 0.2) is 24.3 Å². The largest absolute Gasteiger partial charge is 0.493 e. The number of para-hydroxylation sites is 1. The second-order valence-electron chi connectivity index (χ2n) is 3.96. The van der Waals surface area contributed by atoms with Gasteiger partial charge in [0.05, 0.1) is 6.61 Å². The van der Waals surface area contributed by atoms with Gasteiger partial charge in [-0.15, -0.1) is 12.3 Å². The molecule has 0 bridgehead atoms. The summed E-state index contributed by atoms with van der Waals surface area (Å²) in [6.07, 6.45) is 6.85. The Hall–Kier alpha value is -1.46. The zero-order chi connectivity index (χ0) is 10.7. The molecule has 2 atom stereocenters. The van der Waals surface area contributed by atoms with E-state index in [0.29, 0.717) is 18.9 Å². The van der Waals surface area contributed by atoms with Crippen LogP contribution in [0.5, 0.6) is 5.75 Å². The van der Waals surface area contributed by atoms with E-state index in [9.17, 15) is 0 Å². The molecule has 1 aromatic rings. The number of terminal acetylenes is 1. The van der Waals surface area contributed by atoms with Crippen LogP contribution in [0.4, 0.5) is 0 Å². The molecule has 15 heavy (non-hydrogen) atoms. The standard InChI is InChI=1S/C13H15NO/c1-2-5-12(14)11-8-10-6-3-4-7-13(10)15-9-11/h1,3-4,6-7,11-12H,5,8-9,14H2. The molecule has 78 valence electrons. The van der Waals surface area contributed by atoms with Gasteiger partial charge in [0.15, 0.2) is 0 Å². The highest BCUT2D eigenvalue weighted by molar-refractivity contribution is 5.35. The van der Waals surface area contributed by atoms with Crippen LogP contribution in [0.1, 0.15) is 12.0 Å². The van der Waals surface area contributed by atoms with Crippen LogP contribution in [-0.2, 0) is 6.42 Å². The van der Waals surface area contributed by atoms with Gasteiger partial charge in [0, 0.05) is 18.4 Å². The van der Waals surface area contributed by atoms with Crippen molar-refractivity contribution in [3.63, 3.8) is 0 Å². The molecule has 0 saturated carbocycles. The Balaban J connectivity index is 2.09. The SMILES string of the molecule is C#CCC(N)C1COc2ccccc2C1. The molecule has 0 fully saturated rings. The van der Waals surface area contributed by atoms with Gasteiger partial charge in [-0.05, 0) is 18.1 Å². The third kappa shape index (κ3) is 2.14. The molecule has 2 nitrogen and oxygen atoms in total. The van der Waals surface area contributed by atoms with Crippen molar-refractivity contribution >= 4 is 0 Å². The molecule has 0 aromatic heterocycles. The van der Waals surface area contributed by atoms with Crippen LogP contribution in [0.25, 0.3) is 0 Å². The van der Waals surface area contributed by atoms with Crippen molar-refractivity contribution in [2.24, 2.45) is 11.7 Å². The van der Waals surface area contributed by atoms with Crippen LogP contribution in [0, 0.1) is 18.3 Å². The van der Waals surface area contributed by atoms with Gasteiger partial charge < -0.3 is 10.5 Å². The zero-order valence-electron chi connectivity index (χ0n) is 8.65. The minimum atomic E-state index is 0.0448. The smallest absolute Gasteiger partial charge is 0.122 e. The van der Waals surface area contributed by atoms with Crippen LogP contribution >= 0.6 is 0 Å². The van der Waals surface area contributed by atoms with E-state index in [1.165, 1.54) is 5.56 Å². The zero-order valence-corrected chi connectivity index (χ0v) is 8.65. The fourth-order valence-corrected chi connectivity index (χ4v) is 1.93. The molecule has 2 heteroatoms. The Morgan fingerprint density at radius 3 is 3.13 bits per heavy atom. The Bertz CT molecular complexity index is 380. The van der Waals surface area contributed by atoms with Crippen molar-refractivity contribution in [1.82, 2.24) is 0 Å². The average molecular weight is 201 g/mol. The molecule has 2 N–H and O–H groups in total. The molecular weight excluding hydrogens is 186 g/mol. The average Bonchev–Trinajstić information content (AvgIpc) is 2.29. The van der Waals surface area contributed by atoms with E-state index in [-0.39, 0.29) is 6.04 Å². The predicted molar refractivity (Wildman–Crippen MR) is 60.6 cm³/mol. The summed E-state index contributed by atoms with van der Waals surface area (Å²) >= 11 is 0. The van der Waals surface area contributed by atoms with E-state index in [0.717, 1.165) is 12.2 Å². The van der Waals surface area contributed by atoms with Gasteiger partial charge >= 0.3 is 0 Å². The lowest BCUT2D eigenvalue weighted by molar-refractivity contribution is 0.200. The normalized spacial score (nSPS) is 20.9. The molecule has 2 rings (SSSR count). The van der Waals surface area contributed by atoms with Crippen LogP contribution < -0.4 is 10.5 Å². The number of hydrogen-bond donors (Lipinski definition) is 1. The summed E-state index contributed by atoms with van der Waals surface area (Å²) < 4.78 is 5.65. The van der Waals surface area contributed by atoms with E-state index in [2.05, 4.69) is 12.0 Å². The molecule has 0 amide bonds. The van der Waals surface area contributed by atoms with E-state index in [4.69, 9.17) is 16.9 Å². The van der Waals surface area contributed by atoms with Crippen molar-refractivity contribution in [2.75, 3.05) is 6.61 Å². The van der Waals surface area contributed by atoms with Crippen molar-refractivity contribution in [3.05, 3.63) is 29.8 Å². The Labute approximate surface area is 90.4 Å². The lowest BCUT2D eigenvalue weighted by atomic mass is 9.89. The van der Waals surface area contributed by atoms with Gasteiger partial charge in [-0.2, -0.15) is 0 Å². The van der Waals surface area contributed by atoms with Gasteiger partial charge in [-0.1, -0.05) is 18.2 Å². The summed E-state index contributed by atoms with van der Waals surface area (Å²) in [4.78, 5) is 0. The molecule has 1 aliphatic heterocycles. The van der Waals surface area contributed by atoms with Crippen LogP contribution in [0.3, 0.4) is 0 Å². The second kappa shape index (κ2) is 4.37. The monoisotopic (exact) mass is 201 g/mol. The molecule has 0 spiro atoms. The molecular formula is C13H15NO. The maximum atomic E-state index is 5.99. The molecule has 0 saturated heterocycles. The van der Waals surface area contributed by atoms with Gasteiger partial charge in [0.2, 0.25) is 0 Å². The van der Waals surface area contributed by atoms with Gasteiger partial charge in [0.25, 0.3) is 0 Å². The summed E-state index contributed by atoms with van der Waals surface area (Å²) in [5.74, 6) is 3.94. The quantitative estimate of drug-likeness (QED) is 0.737. The number of hydrogen-bond acceptors (Lipinski definition) is 2. The van der Waals surface area contributed by atoms with Gasteiger partial charge in [-0.25, -0.2) is 0 Å². The number of rotatable bonds is 2. The fourth-order valence-electron chi connectivity index (χ4n) is 1.93. The lowest BCUT2D eigenvalue weighted by Gasteiger charge is -2.28. The van der Waals surface area contributed by atoms with E-state index >= 15 is 0 Å². The first kappa shape index (κ1) is 10.1. The second-order valence-corrected chi connectivity index (χ2v) is 3.96. The Morgan fingerprint density at radius 2 is 2.33 bits per heavy atom. The predicted octanol–water partition coefficient (Wildman–Crippen LogP) is 1.59. The molecule has 2 unspecified atom stereocenters.